The first-order valence-corrected chi connectivity index (χ1v) is 15.0. The van der Waals surface area contributed by atoms with Gasteiger partial charge in [0.05, 0.1) is 22.2 Å². The molecule has 3 aromatic carbocycles. The van der Waals surface area contributed by atoms with Crippen LogP contribution in [-0.4, -0.2) is 22.0 Å². The van der Waals surface area contributed by atoms with Gasteiger partial charge in [-0.2, -0.15) is 13.2 Å². The molecule has 6 rings (SSSR count). The van der Waals surface area contributed by atoms with Gasteiger partial charge in [-0.25, -0.2) is 4.90 Å². The van der Waals surface area contributed by atoms with E-state index in [0.717, 1.165) is 51.8 Å². The molecule has 0 aliphatic carbocycles. The highest BCUT2D eigenvalue weighted by Crippen LogP contribution is 2.55. The van der Waals surface area contributed by atoms with Gasteiger partial charge in [-0.05, 0) is 54.1 Å². The fraction of sp³-hybridized carbons (Fsp3) is 0.179. The molecular weight excluding hydrogens is 665 g/mol. The molecule has 0 bridgehead atoms. The Kier molecular flexibility index (Phi) is 7.29. The lowest BCUT2D eigenvalue weighted by Crippen LogP contribution is -2.32. The minimum atomic E-state index is -4.65. The zero-order chi connectivity index (χ0) is 29.1. The molecular formula is C28H17BrClF3N2O4S2. The van der Waals surface area contributed by atoms with Crippen LogP contribution in [0, 0.1) is 5.92 Å². The lowest BCUT2D eigenvalue weighted by molar-refractivity contribution is -0.137. The number of rotatable bonds is 5. The smallest absolute Gasteiger partial charge is 0.416 e. The van der Waals surface area contributed by atoms with Gasteiger partial charge in [0.15, 0.2) is 0 Å². The van der Waals surface area contributed by atoms with Crippen molar-refractivity contribution >= 4 is 68.1 Å². The van der Waals surface area contributed by atoms with E-state index in [9.17, 15) is 27.6 Å². The van der Waals surface area contributed by atoms with E-state index in [2.05, 4.69) is 20.9 Å². The Bertz CT molecular complexity index is 1760. The summed E-state index contributed by atoms with van der Waals surface area (Å²) in [5.41, 5.74) is 0.229. The second-order valence-electron chi connectivity index (χ2n) is 9.41. The number of hydrogen-bond acceptors (Lipinski definition) is 6. The van der Waals surface area contributed by atoms with Crippen LogP contribution in [0.2, 0.25) is 5.02 Å². The molecule has 6 nitrogen and oxygen atoms in total. The summed E-state index contributed by atoms with van der Waals surface area (Å²) in [6.07, 6.45) is -4.65. The normalized spacial score (nSPS) is 20.2. The van der Waals surface area contributed by atoms with Crippen molar-refractivity contribution in [1.29, 1.82) is 0 Å². The van der Waals surface area contributed by atoms with Gasteiger partial charge in [-0.15, -0.1) is 0 Å². The summed E-state index contributed by atoms with van der Waals surface area (Å²) in [6, 6.07) is 16.5. The van der Waals surface area contributed by atoms with Crippen molar-refractivity contribution in [2.75, 3.05) is 4.90 Å². The number of benzene rings is 3. The van der Waals surface area contributed by atoms with Crippen molar-refractivity contribution in [1.82, 2.24) is 4.98 Å². The number of thiazole rings is 1. The molecule has 2 aliphatic heterocycles. The number of hydrogen-bond donors (Lipinski definition) is 1. The maximum absolute atomic E-state index is 14.0. The molecule has 2 unspecified atom stereocenters. The highest BCUT2D eigenvalue weighted by atomic mass is 79.9. The number of carbonyl (C=O) groups excluding carboxylic acids is 2. The zero-order valence-electron chi connectivity index (χ0n) is 20.6. The topological polar surface area (TPSA) is 79.5 Å². The molecule has 1 N–H and O–H groups in total. The van der Waals surface area contributed by atoms with Gasteiger partial charge in [-0.3, -0.25) is 14.4 Å². The van der Waals surface area contributed by atoms with Crippen molar-refractivity contribution in [3.63, 3.8) is 0 Å². The Morgan fingerprint density at radius 1 is 1.00 bits per heavy atom. The van der Waals surface area contributed by atoms with E-state index in [1.54, 1.807) is 36.4 Å². The van der Waals surface area contributed by atoms with Gasteiger partial charge in [0.25, 0.3) is 0 Å². The standard InChI is InChI=1S/C28H17BrClF3N2O4S2/c29-15-7-8-19(39-12-13-3-1-5-16(30)9-13)18(11-15)20-21-23(40-24-22(20)41-27(38)34-24)26(37)35(25(21)36)17-6-2-4-14(10-17)28(31,32)33/h1-11,20-21,23H,12H2,(H,34,38)/t20-,21?,23?/m1/s1. The van der Waals surface area contributed by atoms with Gasteiger partial charge in [0.1, 0.15) is 17.6 Å². The number of anilines is 1. The van der Waals surface area contributed by atoms with E-state index in [-0.39, 0.29) is 17.2 Å². The zero-order valence-corrected chi connectivity index (χ0v) is 24.6. The van der Waals surface area contributed by atoms with Crippen LogP contribution >= 0.6 is 50.6 Å². The van der Waals surface area contributed by atoms with Crippen molar-refractivity contribution in [3.8, 4) is 5.75 Å². The summed E-state index contributed by atoms with van der Waals surface area (Å²) in [4.78, 5) is 43.9. The molecule has 0 radical (unpaired) electrons. The number of fused-ring (bicyclic) bond motifs is 2. The van der Waals surface area contributed by atoms with Crippen LogP contribution < -0.4 is 14.5 Å². The van der Waals surface area contributed by atoms with Crippen LogP contribution in [0.5, 0.6) is 5.75 Å². The predicted octanol–water partition coefficient (Wildman–Crippen LogP) is 7.25. The number of amides is 2. The maximum Gasteiger partial charge on any atom is 0.416 e. The van der Waals surface area contributed by atoms with Gasteiger partial charge in [-0.1, -0.05) is 68.8 Å². The Hall–Kier alpha value is -3.06. The summed E-state index contributed by atoms with van der Waals surface area (Å²) in [7, 11) is 0. The Morgan fingerprint density at radius 2 is 1.78 bits per heavy atom. The van der Waals surface area contributed by atoms with E-state index in [1.807, 2.05) is 6.07 Å². The number of imide groups is 1. The van der Waals surface area contributed by atoms with E-state index >= 15 is 0 Å². The molecule has 210 valence electrons. The second-order valence-corrected chi connectivity index (χ2v) is 12.9. The Balaban J connectivity index is 1.44. The fourth-order valence-corrected chi connectivity index (χ4v) is 8.21. The van der Waals surface area contributed by atoms with Crippen LogP contribution in [0.1, 0.15) is 27.5 Å². The summed E-state index contributed by atoms with van der Waals surface area (Å²) in [5, 5.41) is 0.0133. The third-order valence-electron chi connectivity index (χ3n) is 6.85. The fourth-order valence-electron chi connectivity index (χ4n) is 5.11. The third-order valence-corrected chi connectivity index (χ3v) is 9.98. The largest absolute Gasteiger partial charge is 0.489 e. The average molecular weight is 682 g/mol. The molecule has 2 amide bonds. The summed E-state index contributed by atoms with van der Waals surface area (Å²) in [5.74, 6) is -2.65. The SMILES string of the molecule is O=C1C2Sc3[nH]c(=O)sc3[C@H](c3cc(Br)ccc3OCc3cccc(Cl)c3)C2C(=O)N1c1cccc(C(F)(F)F)c1. The summed E-state index contributed by atoms with van der Waals surface area (Å²) >= 11 is 11.6. The lowest BCUT2D eigenvalue weighted by atomic mass is 9.82. The predicted molar refractivity (Wildman–Crippen MR) is 154 cm³/mol. The molecule has 0 saturated carbocycles. The highest BCUT2D eigenvalue weighted by Gasteiger charge is 2.57. The van der Waals surface area contributed by atoms with Crippen molar-refractivity contribution < 1.29 is 27.5 Å². The number of alkyl halides is 3. The first-order valence-electron chi connectivity index (χ1n) is 12.1. The van der Waals surface area contributed by atoms with Crippen LogP contribution in [0.25, 0.3) is 0 Å². The molecule has 13 heteroatoms. The van der Waals surface area contributed by atoms with Crippen molar-refractivity contribution in [2.24, 2.45) is 5.92 Å². The number of ether oxygens (including phenoxy) is 1. The minimum Gasteiger partial charge on any atom is -0.489 e. The number of aromatic amines is 1. The molecule has 1 fully saturated rings. The van der Waals surface area contributed by atoms with E-state index < -0.39 is 40.6 Å². The molecule has 2 aliphatic rings. The quantitative estimate of drug-likeness (QED) is 0.225. The summed E-state index contributed by atoms with van der Waals surface area (Å²) < 4.78 is 47.2. The monoisotopic (exact) mass is 680 g/mol. The van der Waals surface area contributed by atoms with Crippen LogP contribution in [0.3, 0.4) is 0 Å². The first-order chi connectivity index (χ1) is 19.5. The first kappa shape index (κ1) is 28.1. The number of nitrogens with zero attached hydrogens (tertiary/aromatic N) is 1. The third kappa shape index (κ3) is 5.22. The van der Waals surface area contributed by atoms with Crippen LogP contribution in [0.4, 0.5) is 18.9 Å². The number of halogens is 5. The number of H-pyrrole nitrogens is 1. The minimum absolute atomic E-state index is 0.157. The van der Waals surface area contributed by atoms with Crippen molar-refractivity contribution in [2.45, 2.75) is 29.0 Å². The molecule has 1 saturated heterocycles. The van der Waals surface area contributed by atoms with Crippen LogP contribution in [-0.2, 0) is 22.4 Å². The maximum atomic E-state index is 14.0. The molecule has 3 heterocycles. The van der Waals surface area contributed by atoms with Crippen LogP contribution in [0.15, 0.2) is 81.0 Å². The molecule has 41 heavy (non-hydrogen) atoms. The number of thioether (sulfide) groups is 1. The number of aromatic nitrogens is 1. The second kappa shape index (κ2) is 10.6. The molecule has 4 aromatic rings. The molecule has 0 spiro atoms. The number of nitrogens with one attached hydrogen (secondary N) is 1. The Labute approximate surface area is 252 Å². The van der Waals surface area contributed by atoms with Gasteiger partial charge < -0.3 is 9.72 Å². The van der Waals surface area contributed by atoms with E-state index in [4.69, 9.17) is 16.3 Å². The highest BCUT2D eigenvalue weighted by molar-refractivity contribution is 9.10. The van der Waals surface area contributed by atoms with Gasteiger partial charge in [0.2, 0.25) is 11.8 Å². The molecule has 3 atom stereocenters. The van der Waals surface area contributed by atoms with Crippen molar-refractivity contribution in [3.05, 3.63) is 107 Å². The van der Waals surface area contributed by atoms with E-state index in [0.29, 0.717) is 30.7 Å². The summed E-state index contributed by atoms with van der Waals surface area (Å²) in [6.45, 7) is 0.157. The lowest BCUT2D eigenvalue weighted by Gasteiger charge is -2.31. The van der Waals surface area contributed by atoms with Gasteiger partial charge >= 0.3 is 11.0 Å². The number of carbonyl (C=O) groups is 2. The van der Waals surface area contributed by atoms with E-state index in [1.165, 1.54) is 6.07 Å². The Morgan fingerprint density at radius 3 is 2.54 bits per heavy atom. The average Bonchev–Trinajstić information content (AvgIpc) is 3.41. The van der Waals surface area contributed by atoms with Gasteiger partial charge in [0, 0.05) is 25.9 Å². The molecule has 1 aromatic heterocycles.